The quantitative estimate of drug-likeness (QED) is 0.119. The maximum atomic E-state index is 13.4. The molecule has 48 heavy (non-hydrogen) atoms. The zero-order chi connectivity index (χ0) is 34.0. The van der Waals surface area contributed by atoms with Gasteiger partial charge in [-0.05, 0) is 78.6 Å². The molecular formula is C38H39N5O5. The molecule has 0 radical (unpaired) electrons. The minimum atomic E-state index is -0.160. The summed E-state index contributed by atoms with van der Waals surface area (Å²) in [6.07, 6.45) is 5.93. The second kappa shape index (κ2) is 15.6. The molecule has 10 nitrogen and oxygen atoms in total. The van der Waals surface area contributed by atoms with E-state index in [9.17, 15) is 9.59 Å². The molecule has 246 valence electrons. The van der Waals surface area contributed by atoms with Crippen molar-refractivity contribution in [3.8, 4) is 28.8 Å². The van der Waals surface area contributed by atoms with E-state index in [0.29, 0.717) is 47.2 Å². The topological polar surface area (TPSA) is 108 Å². The SMILES string of the molecule is COc1cc(C=C(C(=O)N(C)C)c2ccc(Oc3c(CCC(=O)NCc4cccnc4)c(C)nn3-c3ccccc3)cc2)cc(OC)c1. The number of rotatable bonds is 13. The Labute approximate surface area is 280 Å². The molecule has 0 aliphatic heterocycles. The molecule has 3 aromatic carbocycles. The van der Waals surface area contributed by atoms with Crippen LogP contribution in [0, 0.1) is 6.92 Å². The Kier molecular flexibility index (Phi) is 10.9. The molecule has 0 spiro atoms. The summed E-state index contributed by atoms with van der Waals surface area (Å²) in [6, 6.07) is 26.3. The van der Waals surface area contributed by atoms with E-state index in [2.05, 4.69) is 10.3 Å². The first-order valence-corrected chi connectivity index (χ1v) is 15.5. The second-order valence-electron chi connectivity index (χ2n) is 11.3. The van der Waals surface area contributed by atoms with Crippen LogP contribution in [-0.4, -0.2) is 59.8 Å². The number of para-hydroxylation sites is 1. The van der Waals surface area contributed by atoms with Crippen molar-refractivity contribution in [2.24, 2.45) is 0 Å². The maximum Gasteiger partial charge on any atom is 0.253 e. The van der Waals surface area contributed by atoms with Crippen LogP contribution in [0.25, 0.3) is 17.3 Å². The average molecular weight is 646 g/mol. The molecule has 0 aliphatic rings. The van der Waals surface area contributed by atoms with E-state index < -0.39 is 0 Å². The highest BCUT2D eigenvalue weighted by Gasteiger charge is 2.21. The number of nitrogens with zero attached hydrogens (tertiary/aromatic N) is 4. The summed E-state index contributed by atoms with van der Waals surface area (Å²) >= 11 is 0. The number of carbonyl (C=O) groups excluding carboxylic acids is 2. The van der Waals surface area contributed by atoms with Gasteiger partial charge in [0.1, 0.15) is 17.2 Å². The Balaban J connectivity index is 1.42. The molecular weight excluding hydrogens is 606 g/mol. The number of benzene rings is 3. The molecule has 0 atom stereocenters. The average Bonchev–Trinajstić information content (AvgIpc) is 3.43. The van der Waals surface area contributed by atoms with Crippen LogP contribution in [0.3, 0.4) is 0 Å². The highest BCUT2D eigenvalue weighted by molar-refractivity contribution is 6.24. The van der Waals surface area contributed by atoms with Crippen LogP contribution in [0.4, 0.5) is 0 Å². The lowest BCUT2D eigenvalue weighted by Gasteiger charge is -2.16. The van der Waals surface area contributed by atoms with Crippen molar-refractivity contribution in [3.63, 3.8) is 0 Å². The Morgan fingerprint density at radius 2 is 1.60 bits per heavy atom. The third-order valence-electron chi connectivity index (χ3n) is 7.65. The number of aryl methyl sites for hydroxylation is 1. The van der Waals surface area contributed by atoms with Gasteiger partial charge in [-0.25, -0.2) is 4.68 Å². The number of hydrogen-bond donors (Lipinski definition) is 1. The van der Waals surface area contributed by atoms with Gasteiger partial charge < -0.3 is 24.4 Å². The summed E-state index contributed by atoms with van der Waals surface area (Å²) in [5.41, 5.74) is 5.31. The van der Waals surface area contributed by atoms with Crippen molar-refractivity contribution < 1.29 is 23.8 Å². The normalized spacial score (nSPS) is 11.1. The van der Waals surface area contributed by atoms with E-state index in [1.54, 1.807) is 51.5 Å². The van der Waals surface area contributed by atoms with Gasteiger partial charge in [0.25, 0.3) is 5.91 Å². The molecule has 0 bridgehead atoms. The number of ether oxygens (including phenoxy) is 3. The van der Waals surface area contributed by atoms with E-state index in [1.807, 2.05) is 91.9 Å². The standard InChI is InChI=1S/C38H39N5O5/c1-26-34(17-18-36(44)40-25-27-10-9-19-39-24-27)38(43(41-26)30-11-7-6-8-12-30)48-31-15-13-29(14-16-31)35(37(45)42(2)3)22-28-20-32(46-4)23-33(21-28)47-5/h6-16,19-24H,17-18,25H2,1-5H3,(H,40,44). The number of methoxy groups -OCH3 is 2. The molecule has 5 rings (SSSR count). The fraction of sp³-hybridized carbons (Fsp3) is 0.211. The van der Waals surface area contributed by atoms with Crippen LogP contribution in [-0.2, 0) is 22.6 Å². The number of nitrogens with one attached hydrogen (secondary N) is 1. The van der Waals surface area contributed by atoms with Crippen molar-refractivity contribution in [2.45, 2.75) is 26.3 Å². The largest absolute Gasteiger partial charge is 0.497 e. The van der Waals surface area contributed by atoms with E-state index in [1.165, 1.54) is 4.90 Å². The molecule has 2 aromatic heterocycles. The predicted molar refractivity (Wildman–Crippen MR) is 185 cm³/mol. The molecule has 10 heteroatoms. The van der Waals surface area contributed by atoms with Crippen LogP contribution < -0.4 is 19.5 Å². The zero-order valence-electron chi connectivity index (χ0n) is 27.8. The van der Waals surface area contributed by atoms with Gasteiger partial charge in [0.2, 0.25) is 11.8 Å². The highest BCUT2D eigenvalue weighted by Crippen LogP contribution is 2.33. The van der Waals surface area contributed by atoms with Gasteiger partial charge >= 0.3 is 0 Å². The van der Waals surface area contributed by atoms with Gasteiger partial charge in [0.05, 0.1) is 25.6 Å². The van der Waals surface area contributed by atoms with Crippen molar-refractivity contribution >= 4 is 23.5 Å². The smallest absolute Gasteiger partial charge is 0.253 e. The van der Waals surface area contributed by atoms with E-state index in [0.717, 1.165) is 28.1 Å². The van der Waals surface area contributed by atoms with Crippen molar-refractivity contribution in [1.29, 1.82) is 0 Å². The van der Waals surface area contributed by atoms with E-state index in [4.69, 9.17) is 19.3 Å². The van der Waals surface area contributed by atoms with Crippen LogP contribution in [0.5, 0.6) is 23.1 Å². The minimum absolute atomic E-state index is 0.0838. The van der Waals surface area contributed by atoms with Gasteiger partial charge in [-0.3, -0.25) is 14.6 Å². The fourth-order valence-electron chi connectivity index (χ4n) is 5.11. The molecule has 1 N–H and O–H groups in total. The summed E-state index contributed by atoms with van der Waals surface area (Å²) < 4.78 is 19.1. The summed E-state index contributed by atoms with van der Waals surface area (Å²) in [4.78, 5) is 31.8. The first-order chi connectivity index (χ1) is 23.2. The Hall–Kier alpha value is -5.90. The van der Waals surface area contributed by atoms with Gasteiger partial charge in [0, 0.05) is 56.7 Å². The lowest BCUT2D eigenvalue weighted by Crippen LogP contribution is -2.23. The van der Waals surface area contributed by atoms with E-state index in [-0.39, 0.29) is 18.2 Å². The molecule has 0 unspecified atom stereocenters. The lowest BCUT2D eigenvalue weighted by atomic mass is 10.0. The third-order valence-corrected chi connectivity index (χ3v) is 7.65. The summed E-state index contributed by atoms with van der Waals surface area (Å²) in [6.45, 7) is 2.32. The molecule has 0 fully saturated rings. The van der Waals surface area contributed by atoms with Crippen molar-refractivity contribution in [2.75, 3.05) is 28.3 Å². The first kappa shape index (κ1) is 33.5. The number of pyridine rings is 1. The summed E-state index contributed by atoms with van der Waals surface area (Å²) in [5.74, 6) is 2.07. The van der Waals surface area contributed by atoms with Crippen LogP contribution in [0.15, 0.2) is 97.3 Å². The monoisotopic (exact) mass is 645 g/mol. The van der Waals surface area contributed by atoms with E-state index >= 15 is 0 Å². The van der Waals surface area contributed by atoms with Crippen LogP contribution in [0.1, 0.15) is 34.4 Å². The van der Waals surface area contributed by atoms with Crippen molar-refractivity contribution in [3.05, 3.63) is 125 Å². The zero-order valence-corrected chi connectivity index (χ0v) is 27.8. The molecule has 5 aromatic rings. The highest BCUT2D eigenvalue weighted by atomic mass is 16.5. The Morgan fingerprint density at radius 1 is 0.896 bits per heavy atom. The molecule has 2 heterocycles. The number of amides is 2. The molecule has 0 saturated carbocycles. The molecule has 2 amide bonds. The Morgan fingerprint density at radius 3 is 2.23 bits per heavy atom. The van der Waals surface area contributed by atoms with Crippen LogP contribution >= 0.6 is 0 Å². The molecule has 0 saturated heterocycles. The number of aromatic nitrogens is 3. The lowest BCUT2D eigenvalue weighted by molar-refractivity contribution is -0.122. The van der Waals surface area contributed by atoms with Crippen LogP contribution in [0.2, 0.25) is 0 Å². The second-order valence-corrected chi connectivity index (χ2v) is 11.3. The third kappa shape index (κ3) is 8.27. The number of hydrogen-bond acceptors (Lipinski definition) is 7. The fourth-order valence-corrected chi connectivity index (χ4v) is 5.11. The van der Waals surface area contributed by atoms with Crippen molar-refractivity contribution in [1.82, 2.24) is 25.0 Å². The number of carbonyl (C=O) groups is 2. The first-order valence-electron chi connectivity index (χ1n) is 15.5. The van der Waals surface area contributed by atoms with Gasteiger partial charge in [-0.15, -0.1) is 0 Å². The summed E-state index contributed by atoms with van der Waals surface area (Å²) in [5, 5.41) is 7.75. The van der Waals surface area contributed by atoms with Gasteiger partial charge in [-0.1, -0.05) is 36.4 Å². The predicted octanol–water partition coefficient (Wildman–Crippen LogP) is 6.26. The Bertz CT molecular complexity index is 1860. The molecule has 0 aliphatic carbocycles. The summed E-state index contributed by atoms with van der Waals surface area (Å²) in [7, 11) is 6.60. The number of likely N-dealkylation sites (N-methyl/N-ethyl adjacent to an activating group) is 1. The van der Waals surface area contributed by atoms with Gasteiger partial charge in [0.15, 0.2) is 0 Å². The minimum Gasteiger partial charge on any atom is -0.497 e. The maximum absolute atomic E-state index is 13.4. The van der Waals surface area contributed by atoms with Gasteiger partial charge in [-0.2, -0.15) is 5.10 Å².